The van der Waals surface area contributed by atoms with Crippen LogP contribution in [0.3, 0.4) is 0 Å². The Kier molecular flexibility index (Phi) is 7.54. The molecule has 1 unspecified atom stereocenters. The van der Waals surface area contributed by atoms with Crippen molar-refractivity contribution >= 4 is 22.3 Å². The number of aromatic nitrogens is 2. The number of benzene rings is 3. The predicted molar refractivity (Wildman–Crippen MR) is 151 cm³/mol. The Morgan fingerprint density at radius 1 is 1.05 bits per heavy atom. The number of carbonyl (C=O) groups is 1. The van der Waals surface area contributed by atoms with E-state index >= 15 is 0 Å². The molecule has 0 saturated carbocycles. The van der Waals surface area contributed by atoms with Crippen LogP contribution in [0.4, 0.5) is 0 Å². The molecule has 0 saturated heterocycles. The van der Waals surface area contributed by atoms with Gasteiger partial charge >= 0.3 is 0 Å². The van der Waals surface area contributed by atoms with Gasteiger partial charge in [-0.25, -0.2) is 4.98 Å². The average molecular weight is 515 g/mol. The van der Waals surface area contributed by atoms with Gasteiger partial charge in [0.1, 0.15) is 0 Å². The van der Waals surface area contributed by atoms with Gasteiger partial charge in [-0.15, -0.1) is 0 Å². The lowest BCUT2D eigenvalue weighted by Crippen LogP contribution is -2.50. The third-order valence-electron chi connectivity index (χ3n) is 7.56. The monoisotopic (exact) mass is 514 g/mol. The third kappa shape index (κ3) is 5.45. The van der Waals surface area contributed by atoms with Gasteiger partial charge in [0.2, 0.25) is 5.91 Å². The molecule has 5 rings (SSSR count). The second kappa shape index (κ2) is 11.3. The van der Waals surface area contributed by atoms with Crippen LogP contribution in [0.1, 0.15) is 28.8 Å². The zero-order valence-corrected chi connectivity index (χ0v) is 22.2. The molecular formula is C32H30N6O. The Hall–Kier alpha value is -4.72. The number of hydrogen-bond acceptors (Lipinski definition) is 5. The van der Waals surface area contributed by atoms with Crippen LogP contribution in [-0.4, -0.2) is 51.4 Å². The van der Waals surface area contributed by atoms with Crippen molar-refractivity contribution < 1.29 is 4.79 Å². The molecule has 0 bridgehead atoms. The van der Waals surface area contributed by atoms with E-state index in [0.717, 1.165) is 38.7 Å². The normalized spacial score (nSPS) is 14.3. The number of nitrogens with zero attached hydrogens (tertiary/aromatic N) is 6. The van der Waals surface area contributed by atoms with Gasteiger partial charge in [0.05, 0.1) is 30.1 Å². The summed E-state index contributed by atoms with van der Waals surface area (Å²) >= 11 is 0. The van der Waals surface area contributed by atoms with Gasteiger partial charge in [0, 0.05) is 57.0 Å². The van der Waals surface area contributed by atoms with Crippen LogP contribution in [0.15, 0.2) is 84.8 Å². The van der Waals surface area contributed by atoms with Crippen LogP contribution in [0.2, 0.25) is 0 Å². The summed E-state index contributed by atoms with van der Waals surface area (Å²) in [6.07, 6.45) is 4.59. The number of amides is 1. The molecule has 7 nitrogen and oxygen atoms in total. The highest BCUT2D eigenvalue weighted by Gasteiger charge is 2.32. The lowest BCUT2D eigenvalue weighted by atomic mass is 9.90. The lowest BCUT2D eigenvalue weighted by Gasteiger charge is -2.35. The van der Waals surface area contributed by atoms with Crippen molar-refractivity contribution in [3.63, 3.8) is 0 Å². The highest BCUT2D eigenvalue weighted by atomic mass is 16.2. The lowest BCUT2D eigenvalue weighted by molar-refractivity contribution is -0.136. The van der Waals surface area contributed by atoms with Gasteiger partial charge in [-0.3, -0.25) is 9.69 Å². The van der Waals surface area contributed by atoms with Gasteiger partial charge in [0.15, 0.2) is 0 Å². The number of rotatable bonds is 7. The summed E-state index contributed by atoms with van der Waals surface area (Å²) in [4.78, 5) is 22.4. The third-order valence-corrected chi connectivity index (χ3v) is 7.56. The van der Waals surface area contributed by atoms with Crippen molar-refractivity contribution in [3.8, 4) is 12.1 Å². The van der Waals surface area contributed by atoms with Crippen LogP contribution < -0.4 is 0 Å². The molecule has 1 aliphatic rings. The zero-order chi connectivity index (χ0) is 27.4. The fourth-order valence-corrected chi connectivity index (χ4v) is 5.32. The summed E-state index contributed by atoms with van der Waals surface area (Å²) in [5, 5.41) is 21.3. The van der Waals surface area contributed by atoms with E-state index in [-0.39, 0.29) is 5.91 Å². The van der Waals surface area contributed by atoms with Gasteiger partial charge < -0.3 is 9.47 Å². The van der Waals surface area contributed by atoms with E-state index in [4.69, 9.17) is 5.26 Å². The van der Waals surface area contributed by atoms with E-state index in [0.29, 0.717) is 38.0 Å². The summed E-state index contributed by atoms with van der Waals surface area (Å²) < 4.78 is 1.95. The molecule has 7 heteroatoms. The molecule has 3 aromatic carbocycles. The topological polar surface area (TPSA) is 88.9 Å². The molecule has 1 aromatic heterocycles. The largest absolute Gasteiger partial charge is 0.338 e. The smallest absolute Gasteiger partial charge is 0.240 e. The molecule has 0 spiro atoms. The van der Waals surface area contributed by atoms with Crippen LogP contribution in [0.25, 0.3) is 16.3 Å². The van der Waals surface area contributed by atoms with Gasteiger partial charge in [-0.05, 0) is 46.7 Å². The highest BCUT2D eigenvalue weighted by Crippen LogP contribution is 2.32. The maximum Gasteiger partial charge on any atom is 0.240 e. The number of carbonyl (C=O) groups excluding carboxylic acids is 1. The van der Waals surface area contributed by atoms with Gasteiger partial charge in [-0.2, -0.15) is 10.5 Å². The molecule has 4 aromatic rings. The molecule has 0 N–H and O–H groups in total. The molecule has 1 amide bonds. The van der Waals surface area contributed by atoms with Gasteiger partial charge in [-0.1, -0.05) is 54.6 Å². The van der Waals surface area contributed by atoms with E-state index in [1.54, 1.807) is 24.7 Å². The molecule has 39 heavy (non-hydrogen) atoms. The van der Waals surface area contributed by atoms with E-state index < -0.39 is 6.04 Å². The Morgan fingerprint density at radius 3 is 2.54 bits per heavy atom. The molecule has 0 radical (unpaired) electrons. The Balaban J connectivity index is 1.45. The first-order valence-corrected chi connectivity index (χ1v) is 13.0. The molecular weight excluding hydrogens is 484 g/mol. The average Bonchev–Trinajstić information content (AvgIpc) is 3.39. The zero-order valence-electron chi connectivity index (χ0n) is 22.2. The number of likely N-dealkylation sites (N-methyl/N-ethyl adjacent to an activating group) is 1. The van der Waals surface area contributed by atoms with Crippen LogP contribution in [-0.2, 0) is 24.8 Å². The van der Waals surface area contributed by atoms with E-state index in [9.17, 15) is 10.1 Å². The summed E-state index contributed by atoms with van der Waals surface area (Å²) in [5.41, 5.74) is 5.28. The Labute approximate surface area is 228 Å². The summed E-state index contributed by atoms with van der Waals surface area (Å²) in [6.45, 7) is 1.45. The van der Waals surface area contributed by atoms with Crippen molar-refractivity contribution in [1.29, 1.82) is 10.5 Å². The molecule has 194 valence electrons. The van der Waals surface area contributed by atoms with E-state index in [2.05, 4.69) is 40.2 Å². The van der Waals surface area contributed by atoms with Crippen molar-refractivity contribution in [2.75, 3.05) is 20.1 Å². The van der Waals surface area contributed by atoms with Crippen LogP contribution in [0, 0.1) is 22.7 Å². The molecule has 1 aliphatic heterocycles. The highest BCUT2D eigenvalue weighted by molar-refractivity contribution is 5.96. The van der Waals surface area contributed by atoms with Crippen molar-refractivity contribution in [2.45, 2.75) is 25.4 Å². The number of imidazole rings is 1. The number of nitriles is 2. The van der Waals surface area contributed by atoms with E-state index in [1.807, 2.05) is 60.0 Å². The van der Waals surface area contributed by atoms with E-state index in [1.165, 1.54) is 0 Å². The number of fused-ring (bicyclic) bond motifs is 1. The fraction of sp³-hybridized carbons (Fsp3) is 0.250. The molecule has 0 aliphatic carbocycles. The molecule has 0 fully saturated rings. The minimum absolute atomic E-state index is 0.0297. The quantitative estimate of drug-likeness (QED) is 0.357. The summed E-state index contributed by atoms with van der Waals surface area (Å²) in [7, 11) is 3.90. The second-order valence-electron chi connectivity index (χ2n) is 10.0. The van der Waals surface area contributed by atoms with Crippen molar-refractivity contribution in [1.82, 2.24) is 19.4 Å². The Bertz CT molecular complexity index is 1610. The minimum atomic E-state index is -0.423. The summed E-state index contributed by atoms with van der Waals surface area (Å²) in [6, 6.07) is 25.9. The van der Waals surface area contributed by atoms with Crippen LogP contribution in [0.5, 0.6) is 0 Å². The first kappa shape index (κ1) is 25.9. The summed E-state index contributed by atoms with van der Waals surface area (Å²) in [5.74, 6) is 0.0297. The first-order valence-electron chi connectivity index (χ1n) is 13.0. The number of hydrogen-bond donors (Lipinski definition) is 0. The SMILES string of the molecule is CN(Cc1ccc(C#N)cc1)C(Cc1cncn1C)C(=O)N1CCC(C#N)=C(c2cccc3ccccc23)C1. The van der Waals surface area contributed by atoms with Crippen molar-refractivity contribution in [2.24, 2.45) is 7.05 Å². The predicted octanol–water partition coefficient (Wildman–Crippen LogP) is 4.70. The van der Waals surface area contributed by atoms with Crippen LogP contribution >= 0.6 is 0 Å². The number of aryl methyl sites for hydroxylation is 1. The standard InChI is InChI=1S/C32H30N6O/c1-36(20-24-12-10-23(17-33)11-13-24)31(16-27-19-35-22-37(27)2)32(39)38-15-14-26(18-34)30(21-38)29-9-5-7-25-6-3-4-8-28(25)29/h3-13,19,22,31H,14-16,20-21H2,1-2H3. The Morgan fingerprint density at radius 2 is 1.82 bits per heavy atom. The minimum Gasteiger partial charge on any atom is -0.338 e. The molecule has 2 heterocycles. The van der Waals surface area contributed by atoms with Crippen molar-refractivity contribution in [3.05, 3.63) is 107 Å². The maximum atomic E-state index is 14.2. The fourth-order valence-electron chi connectivity index (χ4n) is 5.32. The maximum absolute atomic E-state index is 14.2. The van der Waals surface area contributed by atoms with Gasteiger partial charge in [0.25, 0.3) is 0 Å². The molecule has 1 atom stereocenters. The first-order chi connectivity index (χ1) is 19.0. The second-order valence-corrected chi connectivity index (χ2v) is 10.0.